The van der Waals surface area contributed by atoms with Gasteiger partial charge >= 0.3 is 6.09 Å². The third-order valence-electron chi connectivity index (χ3n) is 2.10. The van der Waals surface area contributed by atoms with Gasteiger partial charge in [-0.2, -0.15) is 0 Å². The maximum absolute atomic E-state index is 11.9. The van der Waals surface area contributed by atoms with Crippen LogP contribution < -0.4 is 0 Å². The SMILES string of the molecule is CC(C)(C)OC(=O)n1ccc2ncc(Br)cc21. The summed E-state index contributed by atoms with van der Waals surface area (Å²) in [6.45, 7) is 5.51. The highest BCUT2D eigenvalue weighted by Crippen LogP contribution is 2.19. The Morgan fingerprint density at radius 2 is 2.18 bits per heavy atom. The van der Waals surface area contributed by atoms with E-state index in [0.717, 1.165) is 15.5 Å². The van der Waals surface area contributed by atoms with Crippen LogP contribution >= 0.6 is 15.9 Å². The van der Waals surface area contributed by atoms with Crippen LogP contribution in [0, 0.1) is 0 Å². The summed E-state index contributed by atoms with van der Waals surface area (Å²) in [5.41, 5.74) is 0.986. The Morgan fingerprint density at radius 3 is 2.82 bits per heavy atom. The Kier molecular flexibility index (Phi) is 2.95. The number of nitrogens with zero attached hydrogens (tertiary/aromatic N) is 2. The van der Waals surface area contributed by atoms with Gasteiger partial charge in [-0.05, 0) is 48.8 Å². The number of aromatic nitrogens is 2. The van der Waals surface area contributed by atoms with Crippen molar-refractivity contribution in [1.82, 2.24) is 9.55 Å². The summed E-state index contributed by atoms with van der Waals surface area (Å²) in [5.74, 6) is 0. The van der Waals surface area contributed by atoms with Gasteiger partial charge in [-0.25, -0.2) is 4.79 Å². The Balaban J connectivity index is 2.42. The average Bonchev–Trinajstić information content (AvgIpc) is 2.57. The third-order valence-corrected chi connectivity index (χ3v) is 2.53. The first kappa shape index (κ1) is 12.1. The molecule has 0 aliphatic rings. The molecule has 4 nitrogen and oxygen atoms in total. The molecule has 0 unspecified atom stereocenters. The molecule has 2 rings (SSSR count). The van der Waals surface area contributed by atoms with Crippen LogP contribution in [0.5, 0.6) is 0 Å². The molecule has 0 bridgehead atoms. The molecule has 0 aliphatic carbocycles. The highest BCUT2D eigenvalue weighted by Gasteiger charge is 2.19. The summed E-state index contributed by atoms with van der Waals surface area (Å²) in [7, 11) is 0. The number of fused-ring (bicyclic) bond motifs is 1. The lowest BCUT2D eigenvalue weighted by molar-refractivity contribution is 0.0544. The van der Waals surface area contributed by atoms with Gasteiger partial charge in [-0.15, -0.1) is 0 Å². The van der Waals surface area contributed by atoms with Gasteiger partial charge in [0.15, 0.2) is 0 Å². The van der Waals surface area contributed by atoms with Crippen molar-refractivity contribution in [3.05, 3.63) is 29.0 Å². The number of halogens is 1. The second-order valence-electron chi connectivity index (χ2n) is 4.72. The lowest BCUT2D eigenvalue weighted by atomic mass is 10.2. The number of carbonyl (C=O) groups excluding carboxylic acids is 1. The largest absolute Gasteiger partial charge is 0.443 e. The van der Waals surface area contributed by atoms with Crippen molar-refractivity contribution in [2.45, 2.75) is 26.4 Å². The summed E-state index contributed by atoms with van der Waals surface area (Å²) < 4.78 is 7.60. The number of hydrogen-bond donors (Lipinski definition) is 0. The monoisotopic (exact) mass is 296 g/mol. The third kappa shape index (κ3) is 2.66. The number of rotatable bonds is 0. The Labute approximate surface area is 108 Å². The van der Waals surface area contributed by atoms with Crippen molar-refractivity contribution in [3.8, 4) is 0 Å². The van der Waals surface area contributed by atoms with Crippen LogP contribution in [0.15, 0.2) is 29.0 Å². The summed E-state index contributed by atoms with van der Waals surface area (Å²) in [6, 6.07) is 3.62. The smallest absolute Gasteiger partial charge is 0.419 e. The van der Waals surface area contributed by atoms with E-state index in [1.54, 1.807) is 18.5 Å². The number of carbonyl (C=O) groups is 1. The van der Waals surface area contributed by atoms with Crippen molar-refractivity contribution >= 4 is 33.1 Å². The van der Waals surface area contributed by atoms with Crippen molar-refractivity contribution in [2.24, 2.45) is 0 Å². The molecule has 17 heavy (non-hydrogen) atoms. The summed E-state index contributed by atoms with van der Waals surface area (Å²) >= 11 is 3.33. The minimum absolute atomic E-state index is 0.396. The molecule has 2 aromatic heterocycles. The molecule has 2 heterocycles. The van der Waals surface area contributed by atoms with Gasteiger partial charge in [-0.3, -0.25) is 9.55 Å². The molecule has 0 saturated carbocycles. The van der Waals surface area contributed by atoms with E-state index in [1.165, 1.54) is 4.57 Å². The van der Waals surface area contributed by atoms with E-state index in [4.69, 9.17) is 4.74 Å². The molecule has 0 saturated heterocycles. The molecule has 0 amide bonds. The Hall–Kier alpha value is -1.36. The standard InChI is InChI=1S/C12H13BrN2O2/c1-12(2,3)17-11(16)15-5-4-9-10(15)6-8(13)7-14-9/h4-7H,1-3H3. The van der Waals surface area contributed by atoms with E-state index < -0.39 is 11.7 Å². The Bertz CT molecular complexity index is 569. The zero-order valence-electron chi connectivity index (χ0n) is 9.90. The van der Waals surface area contributed by atoms with Crippen LogP contribution in [0.25, 0.3) is 11.0 Å². The highest BCUT2D eigenvalue weighted by molar-refractivity contribution is 9.10. The van der Waals surface area contributed by atoms with Gasteiger partial charge in [0.1, 0.15) is 5.60 Å². The van der Waals surface area contributed by atoms with Crippen LogP contribution in [0.4, 0.5) is 4.79 Å². The van der Waals surface area contributed by atoms with Crippen LogP contribution in [0.1, 0.15) is 20.8 Å². The Morgan fingerprint density at radius 1 is 1.47 bits per heavy atom. The minimum atomic E-state index is -0.507. The van der Waals surface area contributed by atoms with Gasteiger partial charge < -0.3 is 4.74 Å². The average molecular weight is 297 g/mol. The second-order valence-corrected chi connectivity index (χ2v) is 5.64. The number of hydrogen-bond acceptors (Lipinski definition) is 3. The highest BCUT2D eigenvalue weighted by atomic mass is 79.9. The normalized spacial score (nSPS) is 11.8. The number of pyridine rings is 1. The van der Waals surface area contributed by atoms with Crippen LogP contribution in [0.3, 0.4) is 0 Å². The molecule has 0 aliphatic heterocycles. The van der Waals surface area contributed by atoms with E-state index in [9.17, 15) is 4.79 Å². The number of ether oxygens (including phenoxy) is 1. The zero-order valence-corrected chi connectivity index (χ0v) is 11.5. The molecule has 0 N–H and O–H groups in total. The molecular formula is C12H13BrN2O2. The lowest BCUT2D eigenvalue weighted by Crippen LogP contribution is -2.26. The summed E-state index contributed by atoms with van der Waals surface area (Å²) in [5, 5.41) is 0. The minimum Gasteiger partial charge on any atom is -0.443 e. The fourth-order valence-corrected chi connectivity index (χ4v) is 1.78. The molecule has 0 aromatic carbocycles. The van der Waals surface area contributed by atoms with Gasteiger partial charge in [0.25, 0.3) is 0 Å². The summed E-state index contributed by atoms with van der Waals surface area (Å²) in [4.78, 5) is 16.1. The molecule has 2 aromatic rings. The van der Waals surface area contributed by atoms with Gasteiger partial charge in [0.05, 0.1) is 11.0 Å². The predicted octanol–water partition coefficient (Wildman–Crippen LogP) is 3.58. The second kappa shape index (κ2) is 4.14. The fraction of sp³-hybridized carbons (Fsp3) is 0.333. The first-order chi connectivity index (χ1) is 7.87. The quantitative estimate of drug-likeness (QED) is 0.746. The van der Waals surface area contributed by atoms with Crippen molar-refractivity contribution in [2.75, 3.05) is 0 Å². The molecule has 0 atom stereocenters. The van der Waals surface area contributed by atoms with E-state index in [-0.39, 0.29) is 0 Å². The molecule has 0 fully saturated rings. The molecule has 90 valence electrons. The molecule has 0 radical (unpaired) electrons. The lowest BCUT2D eigenvalue weighted by Gasteiger charge is -2.19. The van der Waals surface area contributed by atoms with Crippen LogP contribution in [-0.2, 0) is 4.74 Å². The zero-order chi connectivity index (χ0) is 12.6. The van der Waals surface area contributed by atoms with Gasteiger partial charge in [0.2, 0.25) is 0 Å². The topological polar surface area (TPSA) is 44.1 Å². The molecular weight excluding hydrogens is 284 g/mol. The first-order valence-corrected chi connectivity index (χ1v) is 6.02. The maximum atomic E-state index is 11.9. The van der Waals surface area contributed by atoms with Crippen molar-refractivity contribution < 1.29 is 9.53 Å². The van der Waals surface area contributed by atoms with Crippen LogP contribution in [0.2, 0.25) is 0 Å². The van der Waals surface area contributed by atoms with Crippen LogP contribution in [-0.4, -0.2) is 21.2 Å². The van der Waals surface area contributed by atoms with Crippen molar-refractivity contribution in [3.63, 3.8) is 0 Å². The fourth-order valence-electron chi connectivity index (χ4n) is 1.46. The van der Waals surface area contributed by atoms with E-state index >= 15 is 0 Å². The van der Waals surface area contributed by atoms with Gasteiger partial charge in [0, 0.05) is 16.9 Å². The van der Waals surface area contributed by atoms with E-state index in [1.807, 2.05) is 26.8 Å². The summed E-state index contributed by atoms with van der Waals surface area (Å²) in [6.07, 6.45) is 2.97. The van der Waals surface area contributed by atoms with E-state index in [2.05, 4.69) is 20.9 Å². The first-order valence-electron chi connectivity index (χ1n) is 5.23. The van der Waals surface area contributed by atoms with Crippen molar-refractivity contribution in [1.29, 1.82) is 0 Å². The van der Waals surface area contributed by atoms with E-state index in [0.29, 0.717) is 0 Å². The molecule has 5 heteroatoms. The van der Waals surface area contributed by atoms with Gasteiger partial charge in [-0.1, -0.05) is 0 Å². The maximum Gasteiger partial charge on any atom is 0.419 e. The molecule has 0 spiro atoms. The predicted molar refractivity (Wildman–Crippen MR) is 69.1 cm³/mol.